The van der Waals surface area contributed by atoms with Crippen LogP contribution in [0.15, 0.2) is 28.8 Å². The predicted octanol–water partition coefficient (Wildman–Crippen LogP) is 1.75. The molecule has 0 aliphatic carbocycles. The van der Waals surface area contributed by atoms with Crippen molar-refractivity contribution in [2.75, 3.05) is 33.8 Å². The molecule has 0 saturated heterocycles. The number of likely N-dealkylation sites (N-methyl/N-ethyl adjacent to an activating group) is 2. The highest BCUT2D eigenvalue weighted by Crippen LogP contribution is 2.20. The average molecular weight is 332 g/mol. The van der Waals surface area contributed by atoms with Gasteiger partial charge in [0.2, 0.25) is 17.6 Å². The fourth-order valence-corrected chi connectivity index (χ4v) is 2.15. The van der Waals surface area contributed by atoms with Crippen LogP contribution in [0.3, 0.4) is 0 Å². The van der Waals surface area contributed by atoms with Gasteiger partial charge in [-0.25, -0.2) is 0 Å². The normalized spacial score (nSPS) is 10.6. The number of rotatable bonds is 9. The van der Waals surface area contributed by atoms with Gasteiger partial charge in [-0.1, -0.05) is 5.16 Å². The first-order valence-corrected chi connectivity index (χ1v) is 8.08. The second-order valence-corrected chi connectivity index (χ2v) is 5.39. The van der Waals surface area contributed by atoms with Crippen molar-refractivity contribution in [3.05, 3.63) is 30.2 Å². The van der Waals surface area contributed by atoms with Gasteiger partial charge in [0.05, 0.1) is 6.61 Å². The largest absolute Gasteiger partial charge is 0.494 e. The van der Waals surface area contributed by atoms with E-state index in [0.717, 1.165) is 17.9 Å². The molecule has 0 radical (unpaired) electrons. The minimum Gasteiger partial charge on any atom is -0.494 e. The lowest BCUT2D eigenvalue weighted by Crippen LogP contribution is -2.32. The molecule has 1 aromatic carbocycles. The summed E-state index contributed by atoms with van der Waals surface area (Å²) in [6, 6.07) is 7.51. The fourth-order valence-electron chi connectivity index (χ4n) is 2.15. The van der Waals surface area contributed by atoms with Crippen LogP contribution in [0.1, 0.15) is 19.2 Å². The molecule has 0 bridgehead atoms. The van der Waals surface area contributed by atoms with Crippen LogP contribution in [0.25, 0.3) is 11.4 Å². The van der Waals surface area contributed by atoms with E-state index in [0.29, 0.717) is 37.7 Å². The number of hydrogen-bond donors (Lipinski definition) is 1. The van der Waals surface area contributed by atoms with Crippen molar-refractivity contribution < 1.29 is 14.1 Å². The first-order valence-electron chi connectivity index (χ1n) is 8.08. The van der Waals surface area contributed by atoms with Gasteiger partial charge in [0.15, 0.2) is 0 Å². The molecule has 1 heterocycles. The monoisotopic (exact) mass is 332 g/mol. The molecule has 1 N–H and O–H groups in total. The second-order valence-electron chi connectivity index (χ2n) is 5.39. The Morgan fingerprint density at radius 3 is 2.75 bits per heavy atom. The Bertz CT molecular complexity index is 640. The number of aryl methyl sites for hydroxylation is 1. The molecular formula is C17H24N4O3. The van der Waals surface area contributed by atoms with E-state index in [1.54, 1.807) is 11.9 Å². The standard InChI is InChI=1S/C17H24N4O3/c1-4-23-14-7-5-13(6-8-14)17-19-15(24-20-17)9-10-16(22)21(3)12-11-18-2/h5-8,18H,4,9-12H2,1-3H3. The smallest absolute Gasteiger partial charge is 0.227 e. The highest BCUT2D eigenvalue weighted by atomic mass is 16.5. The van der Waals surface area contributed by atoms with E-state index >= 15 is 0 Å². The molecule has 0 unspecified atom stereocenters. The summed E-state index contributed by atoms with van der Waals surface area (Å²) in [6.07, 6.45) is 0.790. The van der Waals surface area contributed by atoms with Crippen LogP contribution in [-0.2, 0) is 11.2 Å². The van der Waals surface area contributed by atoms with Gasteiger partial charge in [-0.05, 0) is 38.2 Å². The third-order valence-electron chi connectivity index (χ3n) is 3.57. The SMILES string of the molecule is CCOc1ccc(-c2noc(CCC(=O)N(C)CCNC)n2)cc1. The van der Waals surface area contributed by atoms with E-state index < -0.39 is 0 Å². The minimum absolute atomic E-state index is 0.0612. The molecule has 0 atom stereocenters. The number of carbonyl (C=O) groups is 1. The van der Waals surface area contributed by atoms with Crippen LogP contribution in [-0.4, -0.2) is 54.7 Å². The molecule has 1 aromatic heterocycles. The molecule has 130 valence electrons. The summed E-state index contributed by atoms with van der Waals surface area (Å²) < 4.78 is 10.6. The molecule has 7 nitrogen and oxygen atoms in total. The van der Waals surface area contributed by atoms with Crippen molar-refractivity contribution >= 4 is 5.91 Å². The molecule has 0 aliphatic rings. The summed E-state index contributed by atoms with van der Waals surface area (Å²) in [5.41, 5.74) is 0.853. The van der Waals surface area contributed by atoms with Crippen molar-refractivity contribution in [3.63, 3.8) is 0 Å². The van der Waals surface area contributed by atoms with Gasteiger partial charge >= 0.3 is 0 Å². The number of amides is 1. The fraction of sp³-hybridized carbons (Fsp3) is 0.471. The van der Waals surface area contributed by atoms with Crippen LogP contribution in [0.4, 0.5) is 0 Å². The van der Waals surface area contributed by atoms with Gasteiger partial charge in [0, 0.05) is 38.5 Å². The minimum atomic E-state index is 0.0612. The van der Waals surface area contributed by atoms with E-state index in [9.17, 15) is 4.79 Å². The number of nitrogens with one attached hydrogen (secondary N) is 1. The summed E-state index contributed by atoms with van der Waals surface area (Å²) in [5, 5.41) is 6.99. The van der Waals surface area contributed by atoms with Crippen LogP contribution >= 0.6 is 0 Å². The lowest BCUT2D eigenvalue weighted by molar-refractivity contribution is -0.129. The zero-order chi connectivity index (χ0) is 17.4. The number of benzene rings is 1. The Balaban J connectivity index is 1.89. The van der Waals surface area contributed by atoms with Gasteiger partial charge in [-0.3, -0.25) is 4.79 Å². The number of aromatic nitrogens is 2. The van der Waals surface area contributed by atoms with Gasteiger partial charge in [-0.15, -0.1) is 0 Å². The number of carbonyl (C=O) groups excluding carboxylic acids is 1. The molecule has 0 fully saturated rings. The van der Waals surface area contributed by atoms with Crippen molar-refractivity contribution in [2.24, 2.45) is 0 Å². The summed E-state index contributed by atoms with van der Waals surface area (Å²) >= 11 is 0. The average Bonchev–Trinajstić information content (AvgIpc) is 3.07. The molecule has 2 aromatic rings. The van der Waals surface area contributed by atoms with Crippen molar-refractivity contribution in [2.45, 2.75) is 19.8 Å². The van der Waals surface area contributed by atoms with Crippen LogP contribution in [0, 0.1) is 0 Å². The van der Waals surface area contributed by atoms with Gasteiger partial charge in [0.25, 0.3) is 0 Å². The predicted molar refractivity (Wildman–Crippen MR) is 90.8 cm³/mol. The van der Waals surface area contributed by atoms with E-state index in [4.69, 9.17) is 9.26 Å². The lowest BCUT2D eigenvalue weighted by Gasteiger charge is -2.16. The number of ether oxygens (including phenoxy) is 1. The Morgan fingerprint density at radius 2 is 2.08 bits per heavy atom. The summed E-state index contributed by atoms with van der Waals surface area (Å²) in [7, 11) is 3.65. The molecule has 0 saturated carbocycles. The molecule has 7 heteroatoms. The molecule has 0 spiro atoms. The van der Waals surface area contributed by atoms with Crippen LogP contribution in [0.5, 0.6) is 5.75 Å². The molecule has 0 aliphatic heterocycles. The van der Waals surface area contributed by atoms with E-state index in [2.05, 4.69) is 15.5 Å². The highest BCUT2D eigenvalue weighted by Gasteiger charge is 2.13. The Labute approximate surface area is 142 Å². The molecule has 1 amide bonds. The van der Waals surface area contributed by atoms with Crippen LogP contribution in [0.2, 0.25) is 0 Å². The van der Waals surface area contributed by atoms with Crippen molar-refractivity contribution in [3.8, 4) is 17.1 Å². The Morgan fingerprint density at radius 1 is 1.33 bits per heavy atom. The summed E-state index contributed by atoms with van der Waals surface area (Å²) in [5.74, 6) is 1.85. The van der Waals surface area contributed by atoms with Gasteiger partial charge in [-0.2, -0.15) is 4.98 Å². The maximum Gasteiger partial charge on any atom is 0.227 e. The van der Waals surface area contributed by atoms with Crippen molar-refractivity contribution in [1.82, 2.24) is 20.4 Å². The second kappa shape index (κ2) is 9.02. The topological polar surface area (TPSA) is 80.5 Å². The number of nitrogens with zero attached hydrogens (tertiary/aromatic N) is 3. The van der Waals surface area contributed by atoms with Gasteiger partial charge in [0.1, 0.15) is 5.75 Å². The van der Waals surface area contributed by atoms with E-state index in [-0.39, 0.29) is 5.91 Å². The number of hydrogen-bond acceptors (Lipinski definition) is 6. The lowest BCUT2D eigenvalue weighted by atomic mass is 10.2. The molecule has 2 rings (SSSR count). The third kappa shape index (κ3) is 5.06. The highest BCUT2D eigenvalue weighted by molar-refractivity contribution is 5.76. The zero-order valence-corrected chi connectivity index (χ0v) is 14.4. The first kappa shape index (κ1) is 17.9. The quantitative estimate of drug-likeness (QED) is 0.753. The maximum atomic E-state index is 12.0. The Kier molecular flexibility index (Phi) is 6.74. The van der Waals surface area contributed by atoms with Crippen LogP contribution < -0.4 is 10.1 Å². The zero-order valence-electron chi connectivity index (χ0n) is 14.4. The summed E-state index contributed by atoms with van der Waals surface area (Å²) in [4.78, 5) is 18.0. The first-order chi connectivity index (χ1) is 11.6. The molecule has 24 heavy (non-hydrogen) atoms. The molecular weight excluding hydrogens is 308 g/mol. The third-order valence-corrected chi connectivity index (χ3v) is 3.57. The van der Waals surface area contributed by atoms with Gasteiger partial charge < -0.3 is 19.5 Å². The van der Waals surface area contributed by atoms with E-state index in [1.165, 1.54) is 0 Å². The Hall–Kier alpha value is -2.41. The van der Waals surface area contributed by atoms with Crippen molar-refractivity contribution in [1.29, 1.82) is 0 Å². The van der Waals surface area contributed by atoms with E-state index in [1.807, 2.05) is 38.2 Å². The summed E-state index contributed by atoms with van der Waals surface area (Å²) in [6.45, 7) is 4.01. The maximum absolute atomic E-state index is 12.0.